The smallest absolute Gasteiger partial charge is 0.324 e. The fourth-order valence-electron chi connectivity index (χ4n) is 4.40. The number of hydrogen-bond acceptors (Lipinski definition) is 6. The summed E-state index contributed by atoms with van der Waals surface area (Å²) in [6.07, 6.45) is 2.60. The standard InChI is InChI=1S/C23H26N4O6S/c1-15(22(28)24-17-4-7-20-21(13-17)33-14-32-20)25-34(30,31)18-5-6-19-16(12-18)8-11-27(19)23(29)26-9-2-3-10-26/h4-7,12-13,15,25H,2-3,8-11,14H2,1H3,(H,24,28)/t15-/m0/s1. The fraction of sp³-hybridized carbons (Fsp3) is 0.391. The van der Waals surface area contributed by atoms with E-state index in [-0.39, 0.29) is 17.7 Å². The third kappa shape index (κ3) is 4.28. The summed E-state index contributed by atoms with van der Waals surface area (Å²) in [6, 6.07) is 8.63. The molecule has 10 nitrogen and oxygen atoms in total. The number of ether oxygens (including phenoxy) is 2. The lowest BCUT2D eigenvalue weighted by Crippen LogP contribution is -2.41. The Kier molecular flexibility index (Phi) is 5.82. The van der Waals surface area contributed by atoms with Gasteiger partial charge in [0.2, 0.25) is 22.7 Å². The quantitative estimate of drug-likeness (QED) is 0.670. The Balaban J connectivity index is 1.25. The summed E-state index contributed by atoms with van der Waals surface area (Å²) in [4.78, 5) is 29.0. The number of amides is 3. The van der Waals surface area contributed by atoms with Gasteiger partial charge in [0.15, 0.2) is 11.5 Å². The Morgan fingerprint density at radius 1 is 1.00 bits per heavy atom. The van der Waals surface area contributed by atoms with E-state index in [2.05, 4.69) is 10.0 Å². The predicted octanol–water partition coefficient (Wildman–Crippen LogP) is 2.30. The van der Waals surface area contributed by atoms with E-state index in [0.29, 0.717) is 30.2 Å². The van der Waals surface area contributed by atoms with Crippen LogP contribution in [-0.4, -0.2) is 57.7 Å². The molecule has 0 aromatic heterocycles. The number of rotatable bonds is 5. The average molecular weight is 487 g/mol. The van der Waals surface area contributed by atoms with Gasteiger partial charge < -0.3 is 19.7 Å². The minimum absolute atomic E-state index is 0.0289. The molecule has 2 aromatic rings. The minimum atomic E-state index is -3.95. The Morgan fingerprint density at radius 2 is 1.76 bits per heavy atom. The second kappa shape index (κ2) is 8.80. The van der Waals surface area contributed by atoms with Crippen LogP contribution in [0.4, 0.5) is 16.2 Å². The van der Waals surface area contributed by atoms with Crippen molar-refractivity contribution in [2.24, 2.45) is 0 Å². The lowest BCUT2D eigenvalue weighted by atomic mass is 10.2. The summed E-state index contributed by atoms with van der Waals surface area (Å²) < 4.78 is 38.9. The molecule has 11 heteroatoms. The molecule has 0 bridgehead atoms. The van der Waals surface area contributed by atoms with Gasteiger partial charge in [-0.1, -0.05) is 0 Å². The van der Waals surface area contributed by atoms with Crippen molar-refractivity contribution < 1.29 is 27.5 Å². The van der Waals surface area contributed by atoms with Gasteiger partial charge in [-0.15, -0.1) is 0 Å². The zero-order valence-corrected chi connectivity index (χ0v) is 19.6. The van der Waals surface area contributed by atoms with Crippen LogP contribution in [0.25, 0.3) is 0 Å². The molecule has 1 saturated heterocycles. The maximum absolute atomic E-state index is 13.0. The van der Waals surface area contributed by atoms with Gasteiger partial charge in [-0.25, -0.2) is 13.2 Å². The number of urea groups is 1. The number of anilines is 2. The number of carbonyl (C=O) groups is 2. The summed E-state index contributed by atoms with van der Waals surface area (Å²) in [5, 5.41) is 2.68. The van der Waals surface area contributed by atoms with Gasteiger partial charge in [0.25, 0.3) is 0 Å². The van der Waals surface area contributed by atoms with E-state index in [1.807, 2.05) is 4.90 Å². The fourth-order valence-corrected chi connectivity index (χ4v) is 5.66. The summed E-state index contributed by atoms with van der Waals surface area (Å²) in [6.45, 7) is 3.63. The Hall–Kier alpha value is -3.31. The van der Waals surface area contributed by atoms with E-state index in [0.717, 1.165) is 37.2 Å². The van der Waals surface area contributed by atoms with E-state index < -0.39 is 22.0 Å². The highest BCUT2D eigenvalue weighted by Gasteiger charge is 2.31. The van der Waals surface area contributed by atoms with Crippen LogP contribution < -0.4 is 24.4 Å². The van der Waals surface area contributed by atoms with Crippen molar-refractivity contribution in [2.45, 2.75) is 37.1 Å². The highest BCUT2D eigenvalue weighted by Crippen LogP contribution is 2.34. The monoisotopic (exact) mass is 486 g/mol. The number of likely N-dealkylation sites (tertiary alicyclic amines) is 1. The number of benzene rings is 2. The molecule has 1 atom stereocenters. The molecule has 1 fully saturated rings. The van der Waals surface area contributed by atoms with Gasteiger partial charge in [0.05, 0.1) is 10.9 Å². The third-order valence-electron chi connectivity index (χ3n) is 6.23. The number of nitrogens with one attached hydrogen (secondary N) is 2. The number of fused-ring (bicyclic) bond motifs is 2. The third-order valence-corrected chi connectivity index (χ3v) is 7.77. The van der Waals surface area contributed by atoms with Crippen LogP contribution in [0.2, 0.25) is 0 Å². The number of carbonyl (C=O) groups excluding carboxylic acids is 2. The van der Waals surface area contributed by atoms with Crippen LogP contribution in [0, 0.1) is 0 Å². The van der Waals surface area contributed by atoms with E-state index in [1.165, 1.54) is 13.0 Å². The number of nitrogens with zero attached hydrogens (tertiary/aromatic N) is 2. The van der Waals surface area contributed by atoms with Crippen molar-refractivity contribution in [3.63, 3.8) is 0 Å². The predicted molar refractivity (Wildman–Crippen MR) is 125 cm³/mol. The highest BCUT2D eigenvalue weighted by atomic mass is 32.2. The summed E-state index contributed by atoms with van der Waals surface area (Å²) in [7, 11) is -3.95. The van der Waals surface area contributed by atoms with Crippen molar-refractivity contribution >= 4 is 33.3 Å². The zero-order chi connectivity index (χ0) is 23.9. The molecular formula is C23H26N4O6S. The lowest BCUT2D eigenvalue weighted by Gasteiger charge is -2.24. The van der Waals surface area contributed by atoms with E-state index in [4.69, 9.17) is 9.47 Å². The van der Waals surface area contributed by atoms with Crippen molar-refractivity contribution in [2.75, 3.05) is 36.6 Å². The van der Waals surface area contributed by atoms with Crippen molar-refractivity contribution in [3.8, 4) is 11.5 Å². The largest absolute Gasteiger partial charge is 0.454 e. The van der Waals surface area contributed by atoms with Gasteiger partial charge in [-0.05, 0) is 62.1 Å². The van der Waals surface area contributed by atoms with E-state index in [9.17, 15) is 18.0 Å². The molecule has 5 rings (SSSR count). The van der Waals surface area contributed by atoms with Gasteiger partial charge in [0.1, 0.15) is 0 Å². The van der Waals surface area contributed by atoms with Gasteiger partial charge in [0, 0.05) is 37.1 Å². The number of hydrogen-bond donors (Lipinski definition) is 2. The first kappa shape index (κ1) is 22.5. The summed E-state index contributed by atoms with van der Waals surface area (Å²) >= 11 is 0. The highest BCUT2D eigenvalue weighted by molar-refractivity contribution is 7.89. The van der Waals surface area contributed by atoms with Crippen LogP contribution >= 0.6 is 0 Å². The first-order valence-corrected chi connectivity index (χ1v) is 12.7. The molecule has 34 heavy (non-hydrogen) atoms. The van der Waals surface area contributed by atoms with Crippen LogP contribution in [0.3, 0.4) is 0 Å². The molecule has 3 amide bonds. The first-order valence-electron chi connectivity index (χ1n) is 11.2. The molecule has 3 heterocycles. The van der Waals surface area contributed by atoms with Crippen molar-refractivity contribution in [3.05, 3.63) is 42.0 Å². The molecule has 3 aliphatic rings. The zero-order valence-electron chi connectivity index (χ0n) is 18.7. The SMILES string of the molecule is C[C@H](NS(=O)(=O)c1ccc2c(c1)CCN2C(=O)N1CCCC1)C(=O)Nc1ccc2c(c1)OCO2. The van der Waals surface area contributed by atoms with Crippen molar-refractivity contribution in [1.82, 2.24) is 9.62 Å². The Morgan fingerprint density at radius 3 is 2.56 bits per heavy atom. The Bertz CT molecular complexity index is 1240. The molecular weight excluding hydrogens is 460 g/mol. The van der Waals surface area contributed by atoms with Crippen LogP contribution in [-0.2, 0) is 21.2 Å². The normalized spacial score (nSPS) is 17.6. The second-order valence-corrected chi connectivity index (χ2v) is 10.3. The van der Waals surface area contributed by atoms with Crippen molar-refractivity contribution in [1.29, 1.82) is 0 Å². The summed E-state index contributed by atoms with van der Waals surface area (Å²) in [5.74, 6) is 0.594. The summed E-state index contributed by atoms with van der Waals surface area (Å²) in [5.41, 5.74) is 2.01. The van der Waals surface area contributed by atoms with Gasteiger partial charge in [-0.3, -0.25) is 9.69 Å². The van der Waals surface area contributed by atoms with Gasteiger partial charge in [-0.2, -0.15) is 4.72 Å². The average Bonchev–Trinajstić information content (AvgIpc) is 3.58. The molecule has 180 valence electrons. The molecule has 2 aromatic carbocycles. The van der Waals surface area contributed by atoms with Gasteiger partial charge >= 0.3 is 6.03 Å². The molecule has 3 aliphatic heterocycles. The molecule has 0 radical (unpaired) electrons. The van der Waals surface area contributed by atoms with Crippen LogP contribution in [0.5, 0.6) is 11.5 Å². The Labute approximate surface area is 197 Å². The maximum atomic E-state index is 13.0. The maximum Gasteiger partial charge on any atom is 0.324 e. The molecule has 0 aliphatic carbocycles. The second-order valence-electron chi connectivity index (χ2n) is 8.57. The van der Waals surface area contributed by atoms with E-state index >= 15 is 0 Å². The minimum Gasteiger partial charge on any atom is -0.454 e. The molecule has 0 spiro atoms. The molecule has 2 N–H and O–H groups in total. The number of sulfonamides is 1. The lowest BCUT2D eigenvalue weighted by molar-refractivity contribution is -0.117. The molecule has 0 unspecified atom stereocenters. The van der Waals surface area contributed by atoms with Crippen LogP contribution in [0.15, 0.2) is 41.3 Å². The topological polar surface area (TPSA) is 117 Å². The van der Waals surface area contributed by atoms with E-state index in [1.54, 1.807) is 35.2 Å². The first-order chi connectivity index (χ1) is 16.3. The van der Waals surface area contributed by atoms with Crippen LogP contribution in [0.1, 0.15) is 25.3 Å². The molecule has 0 saturated carbocycles.